The van der Waals surface area contributed by atoms with Crippen LogP contribution in [0.2, 0.25) is 5.02 Å². The lowest BCUT2D eigenvalue weighted by Gasteiger charge is -2.40. The van der Waals surface area contributed by atoms with E-state index in [2.05, 4.69) is 10.2 Å². The van der Waals surface area contributed by atoms with Crippen molar-refractivity contribution in [2.24, 2.45) is 0 Å². The third kappa shape index (κ3) is 6.03. The number of halogens is 1. The fourth-order valence-corrected chi connectivity index (χ4v) is 5.28. The molecule has 1 fully saturated rings. The Kier molecular flexibility index (Phi) is 9.54. The lowest BCUT2D eigenvalue weighted by Crippen LogP contribution is -2.53. The summed E-state index contributed by atoms with van der Waals surface area (Å²) >= 11 is 6.25. The summed E-state index contributed by atoms with van der Waals surface area (Å²) in [6.45, 7) is 6.62. The van der Waals surface area contributed by atoms with E-state index in [1.807, 2.05) is 6.92 Å². The summed E-state index contributed by atoms with van der Waals surface area (Å²) in [7, 11) is 3.08. The fourth-order valence-electron chi connectivity index (χ4n) is 5.07. The highest BCUT2D eigenvalue weighted by molar-refractivity contribution is 6.33. The molecule has 214 valence electrons. The van der Waals surface area contributed by atoms with E-state index < -0.39 is 12.0 Å². The van der Waals surface area contributed by atoms with Crippen LogP contribution in [0, 0.1) is 0 Å². The molecule has 0 spiro atoms. The van der Waals surface area contributed by atoms with Crippen LogP contribution < -0.4 is 14.8 Å². The molecule has 11 heteroatoms. The molecule has 1 saturated heterocycles. The molecular weight excluding hydrogens is 536 g/mol. The van der Waals surface area contributed by atoms with E-state index in [0.717, 1.165) is 0 Å². The van der Waals surface area contributed by atoms with E-state index in [-0.39, 0.29) is 18.5 Å². The molecule has 0 bridgehead atoms. The van der Waals surface area contributed by atoms with Crippen molar-refractivity contribution in [1.29, 1.82) is 0 Å². The third-order valence-corrected chi connectivity index (χ3v) is 7.46. The van der Waals surface area contributed by atoms with Crippen molar-refractivity contribution < 1.29 is 28.6 Å². The summed E-state index contributed by atoms with van der Waals surface area (Å²) in [5.41, 5.74) is 2.08. The van der Waals surface area contributed by atoms with Gasteiger partial charge in [-0.3, -0.25) is 14.6 Å². The number of likely N-dealkylation sites (N-methyl/N-ethyl adjacent to an activating group) is 1. The van der Waals surface area contributed by atoms with E-state index >= 15 is 0 Å². The lowest BCUT2D eigenvalue weighted by atomic mass is 9.93. The maximum Gasteiger partial charge on any atom is 0.338 e. The van der Waals surface area contributed by atoms with E-state index in [4.69, 9.17) is 25.8 Å². The van der Waals surface area contributed by atoms with Crippen LogP contribution >= 0.6 is 11.6 Å². The molecule has 3 amide bonds. The van der Waals surface area contributed by atoms with Gasteiger partial charge in [-0.05, 0) is 43.7 Å². The molecule has 2 aliphatic rings. The number of nitrogens with one attached hydrogen (secondary N) is 1. The Morgan fingerprint density at radius 2 is 1.70 bits per heavy atom. The molecule has 4 rings (SSSR count). The summed E-state index contributed by atoms with van der Waals surface area (Å²) < 4.78 is 16.3. The highest BCUT2D eigenvalue weighted by atomic mass is 35.5. The number of esters is 1. The molecule has 1 N–H and O–H groups in total. The Hall–Kier alpha value is -3.76. The number of piperazine rings is 1. The quantitative estimate of drug-likeness (QED) is 0.459. The molecule has 2 aliphatic heterocycles. The number of carbonyl (C=O) groups excluding carboxylic acids is 3. The summed E-state index contributed by atoms with van der Waals surface area (Å²) in [6.07, 6.45) is 0. The molecule has 0 aliphatic carbocycles. The SMILES string of the molecule is CCOC(=O)C1=C(CN2CCN(C(=O)c3ccccc3Cl)CC2)N(CC)C(=O)NC1c1ccc(OC)c(OC)c1. The first-order chi connectivity index (χ1) is 19.3. The molecule has 0 saturated carbocycles. The van der Waals surface area contributed by atoms with Gasteiger partial charge >= 0.3 is 12.0 Å². The maximum atomic E-state index is 13.4. The predicted molar refractivity (Wildman–Crippen MR) is 151 cm³/mol. The van der Waals surface area contributed by atoms with Gasteiger partial charge in [0.05, 0.1) is 43.0 Å². The molecule has 0 aromatic heterocycles. The zero-order valence-corrected chi connectivity index (χ0v) is 24.0. The highest BCUT2D eigenvalue weighted by Gasteiger charge is 2.39. The lowest BCUT2D eigenvalue weighted by molar-refractivity contribution is -0.139. The smallest absolute Gasteiger partial charge is 0.338 e. The van der Waals surface area contributed by atoms with Crippen molar-refractivity contribution in [3.63, 3.8) is 0 Å². The first kappa shape index (κ1) is 29.2. The zero-order valence-electron chi connectivity index (χ0n) is 23.2. The van der Waals surface area contributed by atoms with Crippen molar-refractivity contribution in [3.8, 4) is 11.5 Å². The van der Waals surface area contributed by atoms with E-state index in [9.17, 15) is 14.4 Å². The van der Waals surface area contributed by atoms with Gasteiger partial charge in [0.1, 0.15) is 0 Å². The van der Waals surface area contributed by atoms with Crippen molar-refractivity contribution in [1.82, 2.24) is 20.0 Å². The predicted octanol–water partition coefficient (Wildman–Crippen LogP) is 3.72. The summed E-state index contributed by atoms with van der Waals surface area (Å²) in [6, 6.07) is 11.3. The van der Waals surface area contributed by atoms with Crippen molar-refractivity contribution in [2.45, 2.75) is 19.9 Å². The third-order valence-electron chi connectivity index (χ3n) is 7.13. The molecule has 10 nitrogen and oxygen atoms in total. The van der Waals surface area contributed by atoms with Gasteiger partial charge in [-0.1, -0.05) is 29.8 Å². The Morgan fingerprint density at radius 1 is 1.00 bits per heavy atom. The fraction of sp³-hybridized carbons (Fsp3) is 0.414. The maximum absolute atomic E-state index is 13.4. The number of hydrogen-bond donors (Lipinski definition) is 1. The van der Waals surface area contributed by atoms with Crippen LogP contribution in [0.4, 0.5) is 4.79 Å². The van der Waals surface area contributed by atoms with Gasteiger partial charge in [0.25, 0.3) is 5.91 Å². The van der Waals surface area contributed by atoms with Gasteiger partial charge in [0.2, 0.25) is 0 Å². The number of urea groups is 1. The second-order valence-corrected chi connectivity index (χ2v) is 9.78. The first-order valence-electron chi connectivity index (χ1n) is 13.3. The average molecular weight is 571 g/mol. The van der Waals surface area contributed by atoms with E-state index in [1.54, 1.807) is 66.3 Å². The monoisotopic (exact) mass is 570 g/mol. The molecule has 40 heavy (non-hydrogen) atoms. The van der Waals surface area contributed by atoms with Crippen LogP contribution in [-0.2, 0) is 9.53 Å². The van der Waals surface area contributed by atoms with Gasteiger partial charge in [-0.2, -0.15) is 0 Å². The molecular formula is C29H35ClN4O6. The molecule has 2 aromatic carbocycles. The van der Waals surface area contributed by atoms with Crippen LogP contribution in [0.15, 0.2) is 53.7 Å². The molecule has 1 unspecified atom stereocenters. The summed E-state index contributed by atoms with van der Waals surface area (Å²) in [5.74, 6) is 0.409. The van der Waals surface area contributed by atoms with Gasteiger partial charge in [0, 0.05) is 45.0 Å². The van der Waals surface area contributed by atoms with Crippen molar-refractivity contribution >= 4 is 29.5 Å². The molecule has 1 atom stereocenters. The number of hydrogen-bond acceptors (Lipinski definition) is 7. The summed E-state index contributed by atoms with van der Waals surface area (Å²) in [5, 5.41) is 3.40. The molecule has 0 radical (unpaired) electrons. The number of ether oxygens (including phenoxy) is 3. The topological polar surface area (TPSA) is 101 Å². The van der Waals surface area contributed by atoms with E-state index in [0.29, 0.717) is 78.2 Å². The Labute approximate surface area is 239 Å². The number of rotatable bonds is 9. The minimum Gasteiger partial charge on any atom is -0.493 e. The highest BCUT2D eigenvalue weighted by Crippen LogP contribution is 2.36. The van der Waals surface area contributed by atoms with Crippen LogP contribution in [0.1, 0.15) is 35.8 Å². The molecule has 2 aromatic rings. The minimum absolute atomic E-state index is 0.113. The van der Waals surface area contributed by atoms with Gasteiger partial charge in [0.15, 0.2) is 11.5 Å². The standard InChI is InChI=1S/C29H35ClN4O6/c1-5-34-22(18-32-13-15-33(16-14-32)27(35)20-9-7-8-10-21(20)30)25(28(36)40-6-2)26(31-29(34)37)19-11-12-23(38-3)24(17-19)39-4/h7-12,17,26H,5-6,13-16,18H2,1-4H3,(H,31,37). The number of nitrogens with zero attached hydrogens (tertiary/aromatic N) is 3. The molecule has 2 heterocycles. The van der Waals surface area contributed by atoms with Gasteiger partial charge in [-0.15, -0.1) is 0 Å². The first-order valence-corrected chi connectivity index (χ1v) is 13.7. The Bertz CT molecular complexity index is 1290. The average Bonchev–Trinajstić information content (AvgIpc) is 2.97. The largest absolute Gasteiger partial charge is 0.493 e. The number of amides is 3. The van der Waals surface area contributed by atoms with Crippen LogP contribution in [0.3, 0.4) is 0 Å². The van der Waals surface area contributed by atoms with Crippen LogP contribution in [0.25, 0.3) is 0 Å². The van der Waals surface area contributed by atoms with E-state index in [1.165, 1.54) is 7.11 Å². The van der Waals surface area contributed by atoms with Gasteiger partial charge in [-0.25, -0.2) is 9.59 Å². The van der Waals surface area contributed by atoms with Crippen molar-refractivity contribution in [2.75, 3.05) is 60.1 Å². The summed E-state index contributed by atoms with van der Waals surface area (Å²) in [4.78, 5) is 45.2. The zero-order chi connectivity index (χ0) is 28.8. The second-order valence-electron chi connectivity index (χ2n) is 9.37. The number of benzene rings is 2. The number of carbonyl (C=O) groups is 3. The van der Waals surface area contributed by atoms with Crippen molar-refractivity contribution in [3.05, 3.63) is 69.9 Å². The van der Waals surface area contributed by atoms with Gasteiger partial charge < -0.3 is 24.4 Å². The Balaban J connectivity index is 1.63. The van der Waals surface area contributed by atoms with Crippen LogP contribution in [0.5, 0.6) is 11.5 Å². The second kappa shape index (κ2) is 13.1. The Morgan fingerprint density at radius 3 is 2.33 bits per heavy atom. The van der Waals surface area contributed by atoms with Crippen LogP contribution in [-0.4, -0.2) is 92.7 Å². The number of methoxy groups -OCH3 is 2. The normalized spacial score (nSPS) is 17.9. The minimum atomic E-state index is -0.743.